The van der Waals surface area contributed by atoms with Crippen LogP contribution >= 0.6 is 12.2 Å². The van der Waals surface area contributed by atoms with Crippen molar-refractivity contribution in [1.82, 2.24) is 14.0 Å². The molecular formula is C23H23N3O5S. The molecule has 32 heavy (non-hydrogen) atoms. The quantitative estimate of drug-likeness (QED) is 0.611. The molecule has 5 rings (SSSR count). The van der Waals surface area contributed by atoms with Crippen LogP contribution in [0.4, 0.5) is 0 Å². The molecule has 0 amide bonds. The van der Waals surface area contributed by atoms with Crippen LogP contribution < -0.4 is 19.8 Å². The summed E-state index contributed by atoms with van der Waals surface area (Å²) in [6, 6.07) is 10.6. The van der Waals surface area contributed by atoms with Crippen LogP contribution in [0.3, 0.4) is 0 Å². The Kier molecular flexibility index (Phi) is 4.94. The molecule has 0 spiro atoms. The molecule has 9 heteroatoms. The van der Waals surface area contributed by atoms with Crippen molar-refractivity contribution in [3.05, 3.63) is 68.2 Å². The average molecular weight is 454 g/mol. The number of aromatic nitrogens is 2. The number of aromatic hydroxyl groups is 1. The van der Waals surface area contributed by atoms with Crippen LogP contribution in [0.1, 0.15) is 22.7 Å². The second-order valence-corrected chi connectivity index (χ2v) is 8.27. The van der Waals surface area contributed by atoms with Crippen LogP contribution in [0.5, 0.6) is 23.1 Å². The first-order chi connectivity index (χ1) is 15.4. The van der Waals surface area contributed by atoms with Crippen molar-refractivity contribution in [2.24, 2.45) is 7.05 Å². The largest absolute Gasteiger partial charge is 0.494 e. The molecule has 3 aromatic rings. The van der Waals surface area contributed by atoms with Crippen molar-refractivity contribution in [2.75, 3.05) is 27.5 Å². The third-order valence-corrected chi connectivity index (χ3v) is 6.61. The second kappa shape index (κ2) is 7.68. The number of fused-ring (bicyclic) bond motifs is 2. The van der Waals surface area contributed by atoms with Gasteiger partial charge < -0.3 is 19.3 Å². The first-order valence-electron chi connectivity index (χ1n) is 10.2. The summed E-state index contributed by atoms with van der Waals surface area (Å²) in [5.41, 5.74) is 2.27. The fourth-order valence-corrected chi connectivity index (χ4v) is 4.84. The zero-order valence-electron chi connectivity index (χ0n) is 18.0. The number of benzene rings is 2. The maximum Gasteiger partial charge on any atom is 0.267 e. The third-order valence-electron chi connectivity index (χ3n) is 6.15. The van der Waals surface area contributed by atoms with Crippen molar-refractivity contribution in [3.63, 3.8) is 0 Å². The number of ether oxygens (including phenoxy) is 3. The van der Waals surface area contributed by atoms with Gasteiger partial charge in [-0.1, -0.05) is 18.2 Å². The lowest BCUT2D eigenvalue weighted by Gasteiger charge is -2.36. The van der Waals surface area contributed by atoms with E-state index in [1.165, 1.54) is 9.13 Å². The third kappa shape index (κ3) is 2.92. The van der Waals surface area contributed by atoms with Crippen LogP contribution in [0.2, 0.25) is 0 Å². The Hall–Kier alpha value is -3.30. The highest BCUT2D eigenvalue weighted by atomic mass is 32.1. The first-order valence-corrected chi connectivity index (χ1v) is 10.6. The van der Waals surface area contributed by atoms with E-state index in [0.717, 1.165) is 17.5 Å². The van der Waals surface area contributed by atoms with E-state index >= 15 is 0 Å². The van der Waals surface area contributed by atoms with E-state index in [-0.39, 0.29) is 28.6 Å². The summed E-state index contributed by atoms with van der Waals surface area (Å²) in [7, 11) is 5.14. The predicted octanol–water partition coefficient (Wildman–Crippen LogP) is 2.93. The highest BCUT2D eigenvalue weighted by Gasteiger charge is 2.38. The molecule has 0 saturated heterocycles. The molecule has 0 bridgehead atoms. The number of likely N-dealkylation sites (N-methyl/N-ethyl adjacent to an activating group) is 1. The van der Waals surface area contributed by atoms with Crippen molar-refractivity contribution in [2.45, 2.75) is 12.5 Å². The molecule has 0 aliphatic carbocycles. The van der Waals surface area contributed by atoms with E-state index < -0.39 is 6.04 Å². The summed E-state index contributed by atoms with van der Waals surface area (Å²) in [5.74, 6) is 1.48. The highest BCUT2D eigenvalue weighted by molar-refractivity contribution is 7.71. The Morgan fingerprint density at radius 2 is 1.91 bits per heavy atom. The molecule has 2 aliphatic heterocycles. The Balaban J connectivity index is 1.83. The minimum absolute atomic E-state index is 0.112. The van der Waals surface area contributed by atoms with E-state index in [2.05, 4.69) is 0 Å². The SMILES string of the molecule is COc1c2c(cc3c1[C@@H](c1c(O)n(C)c(=S)n(-c4ccccc4)c1=O)N(C)CC3)OCO2. The van der Waals surface area contributed by atoms with Gasteiger partial charge in [-0.15, -0.1) is 0 Å². The molecule has 3 heterocycles. The summed E-state index contributed by atoms with van der Waals surface area (Å²) in [6.45, 7) is 0.796. The molecule has 0 radical (unpaired) electrons. The van der Waals surface area contributed by atoms with Crippen LogP contribution in [0.25, 0.3) is 5.69 Å². The Labute approximate surface area is 189 Å². The zero-order valence-corrected chi connectivity index (χ0v) is 18.8. The predicted molar refractivity (Wildman–Crippen MR) is 121 cm³/mol. The topological polar surface area (TPSA) is 78.1 Å². The van der Waals surface area contributed by atoms with E-state index in [1.807, 2.05) is 48.3 Å². The number of methoxy groups -OCH3 is 1. The van der Waals surface area contributed by atoms with E-state index in [9.17, 15) is 9.90 Å². The van der Waals surface area contributed by atoms with Gasteiger partial charge in [0.25, 0.3) is 5.56 Å². The smallest absolute Gasteiger partial charge is 0.267 e. The second-order valence-electron chi connectivity index (χ2n) is 7.90. The maximum atomic E-state index is 13.9. The van der Waals surface area contributed by atoms with Crippen molar-refractivity contribution in [3.8, 4) is 28.8 Å². The van der Waals surface area contributed by atoms with Crippen molar-refractivity contribution < 1.29 is 19.3 Å². The van der Waals surface area contributed by atoms with Gasteiger partial charge in [0.05, 0.1) is 24.4 Å². The van der Waals surface area contributed by atoms with Gasteiger partial charge in [-0.25, -0.2) is 0 Å². The fourth-order valence-electron chi connectivity index (χ4n) is 4.57. The molecule has 2 aliphatic rings. The maximum absolute atomic E-state index is 13.9. The number of nitrogens with zero attached hydrogens (tertiary/aromatic N) is 3. The highest BCUT2D eigenvalue weighted by Crippen LogP contribution is 2.51. The number of rotatable bonds is 3. The van der Waals surface area contributed by atoms with Gasteiger partial charge in [0.1, 0.15) is 0 Å². The molecular weight excluding hydrogens is 430 g/mol. The van der Waals surface area contributed by atoms with Gasteiger partial charge in [-0.2, -0.15) is 0 Å². The summed E-state index contributed by atoms with van der Waals surface area (Å²) in [5, 5.41) is 11.1. The van der Waals surface area contributed by atoms with Gasteiger partial charge in [-0.05, 0) is 49.4 Å². The van der Waals surface area contributed by atoms with Crippen molar-refractivity contribution >= 4 is 12.2 Å². The minimum atomic E-state index is -0.563. The number of para-hydroxylation sites is 1. The molecule has 0 fully saturated rings. The Morgan fingerprint density at radius 1 is 1.16 bits per heavy atom. The van der Waals surface area contributed by atoms with Crippen LogP contribution in [-0.4, -0.2) is 46.6 Å². The standard InChI is InChI=1S/C23H23N3O5S/c1-24-10-9-13-11-15-19(31-12-30-15)20(29-3)16(13)18(24)17-21(27)25(2)23(32)26(22(17)28)14-7-5-4-6-8-14/h4-8,11,18,27H,9-10,12H2,1-3H3/t18-/m0/s1. The molecule has 0 saturated carbocycles. The lowest BCUT2D eigenvalue weighted by Crippen LogP contribution is -2.38. The number of hydrogen-bond acceptors (Lipinski definition) is 7. The minimum Gasteiger partial charge on any atom is -0.494 e. The molecule has 8 nitrogen and oxygen atoms in total. The fraction of sp³-hybridized carbons (Fsp3) is 0.304. The van der Waals surface area contributed by atoms with Crippen molar-refractivity contribution in [1.29, 1.82) is 0 Å². The van der Waals surface area contributed by atoms with E-state index in [1.54, 1.807) is 14.2 Å². The van der Waals surface area contributed by atoms with Crippen LogP contribution in [-0.2, 0) is 13.5 Å². The van der Waals surface area contributed by atoms with Gasteiger partial charge in [0.2, 0.25) is 18.4 Å². The van der Waals surface area contributed by atoms with E-state index in [4.69, 9.17) is 26.4 Å². The molecule has 0 unspecified atom stereocenters. The number of hydrogen-bond donors (Lipinski definition) is 1. The van der Waals surface area contributed by atoms with E-state index in [0.29, 0.717) is 29.5 Å². The lowest BCUT2D eigenvalue weighted by atomic mass is 9.87. The normalized spacial score (nSPS) is 17.3. The van der Waals surface area contributed by atoms with Gasteiger partial charge in [0.15, 0.2) is 16.3 Å². The summed E-state index contributed by atoms with van der Waals surface area (Å²) >= 11 is 5.52. The van der Waals surface area contributed by atoms with Crippen LogP contribution in [0, 0.1) is 4.77 Å². The molecule has 1 aromatic heterocycles. The van der Waals surface area contributed by atoms with Gasteiger partial charge >= 0.3 is 0 Å². The first kappa shape index (κ1) is 20.6. The Morgan fingerprint density at radius 3 is 2.62 bits per heavy atom. The molecule has 166 valence electrons. The molecule has 1 atom stereocenters. The summed E-state index contributed by atoms with van der Waals surface area (Å²) < 4.78 is 20.1. The zero-order chi connectivity index (χ0) is 22.6. The summed E-state index contributed by atoms with van der Waals surface area (Å²) in [4.78, 5) is 15.9. The van der Waals surface area contributed by atoms with Gasteiger partial charge in [-0.3, -0.25) is 18.8 Å². The molecule has 2 aromatic carbocycles. The van der Waals surface area contributed by atoms with Gasteiger partial charge in [0, 0.05) is 19.2 Å². The monoisotopic (exact) mass is 453 g/mol. The Bertz CT molecular complexity index is 1330. The lowest BCUT2D eigenvalue weighted by molar-refractivity contribution is 0.170. The summed E-state index contributed by atoms with van der Waals surface area (Å²) in [6.07, 6.45) is 0.744. The average Bonchev–Trinajstić information content (AvgIpc) is 3.27. The van der Waals surface area contributed by atoms with Crippen LogP contribution in [0.15, 0.2) is 41.2 Å². The molecule has 1 N–H and O–H groups in total.